The largest absolute Gasteiger partial charge is 0.507 e. The van der Waals surface area contributed by atoms with Crippen molar-refractivity contribution in [1.29, 1.82) is 0 Å². The molecule has 2 aliphatic heterocycles. The summed E-state index contributed by atoms with van der Waals surface area (Å²) in [6.45, 7) is -1.37. The first kappa shape index (κ1) is 30.0. The number of hydrogen-bond acceptors (Lipinski definition) is 15. The number of methoxy groups -OCH3 is 1. The third kappa shape index (κ3) is 5.49. The summed E-state index contributed by atoms with van der Waals surface area (Å²) < 4.78 is 33.3. The molecule has 228 valence electrons. The SMILES string of the molecule is COc1cc(-c2cc(=O)c3c(O)cc(O[C@@H]4O[C@@H](CO)[C@@H](O)[C@@H](O)[C@@H]4O[C@H]4O[C@@H](CO)[C@@H](O)[C@H]4O)cc3o2)ccc1O. The van der Waals surface area contributed by atoms with Crippen molar-refractivity contribution in [2.24, 2.45) is 0 Å². The van der Waals surface area contributed by atoms with Gasteiger partial charge in [0.25, 0.3) is 0 Å². The van der Waals surface area contributed by atoms with E-state index in [1.165, 1.54) is 31.4 Å². The van der Waals surface area contributed by atoms with E-state index >= 15 is 0 Å². The summed E-state index contributed by atoms with van der Waals surface area (Å²) in [5.74, 6) is -0.608. The van der Waals surface area contributed by atoms with Crippen LogP contribution in [-0.2, 0) is 14.2 Å². The number of hydrogen-bond donors (Lipinski definition) is 8. The van der Waals surface area contributed by atoms with Gasteiger partial charge in [0.05, 0.1) is 20.3 Å². The minimum Gasteiger partial charge on any atom is -0.507 e. The average molecular weight is 595 g/mol. The second-order valence-corrected chi connectivity index (χ2v) is 9.81. The summed E-state index contributed by atoms with van der Waals surface area (Å²) in [5.41, 5.74) is -0.337. The molecule has 5 rings (SSSR count). The van der Waals surface area contributed by atoms with E-state index in [2.05, 4.69) is 0 Å². The van der Waals surface area contributed by atoms with Crippen LogP contribution >= 0.6 is 0 Å². The van der Waals surface area contributed by atoms with Crippen LogP contribution in [0, 0.1) is 0 Å². The zero-order valence-electron chi connectivity index (χ0n) is 22.0. The molecule has 42 heavy (non-hydrogen) atoms. The van der Waals surface area contributed by atoms with E-state index < -0.39 is 79.7 Å². The van der Waals surface area contributed by atoms with Gasteiger partial charge >= 0.3 is 0 Å². The maximum Gasteiger partial charge on any atom is 0.229 e. The van der Waals surface area contributed by atoms with Gasteiger partial charge in [-0.15, -0.1) is 0 Å². The summed E-state index contributed by atoms with van der Waals surface area (Å²) >= 11 is 0. The third-order valence-electron chi connectivity index (χ3n) is 7.11. The lowest BCUT2D eigenvalue weighted by Gasteiger charge is -2.42. The van der Waals surface area contributed by atoms with Crippen LogP contribution in [-0.4, -0.2) is 116 Å². The molecule has 0 aliphatic carbocycles. The lowest BCUT2D eigenvalue weighted by molar-refractivity contribution is -0.320. The van der Waals surface area contributed by atoms with Crippen molar-refractivity contribution >= 4 is 11.0 Å². The molecule has 0 saturated carbocycles. The summed E-state index contributed by atoms with van der Waals surface area (Å²) in [6, 6.07) is 7.74. The molecule has 0 bridgehead atoms. The molecule has 0 spiro atoms. The van der Waals surface area contributed by atoms with Gasteiger partial charge in [-0.3, -0.25) is 4.79 Å². The first-order chi connectivity index (χ1) is 20.1. The number of benzene rings is 2. The Morgan fingerprint density at radius 3 is 2.14 bits per heavy atom. The Morgan fingerprint density at radius 1 is 0.810 bits per heavy atom. The van der Waals surface area contributed by atoms with E-state index in [0.29, 0.717) is 5.56 Å². The first-order valence-corrected chi connectivity index (χ1v) is 12.8. The molecule has 3 heterocycles. The van der Waals surface area contributed by atoms with Crippen molar-refractivity contribution < 1.29 is 69.0 Å². The van der Waals surface area contributed by atoms with Crippen LogP contribution in [0.4, 0.5) is 0 Å². The summed E-state index contributed by atoms with van der Waals surface area (Å²) in [7, 11) is 1.35. The Kier molecular flexibility index (Phi) is 8.56. The van der Waals surface area contributed by atoms with Crippen LogP contribution in [0.2, 0.25) is 0 Å². The van der Waals surface area contributed by atoms with E-state index in [4.69, 9.17) is 28.1 Å². The Balaban J connectivity index is 1.48. The molecule has 2 aliphatic rings. The Morgan fingerprint density at radius 2 is 1.48 bits per heavy atom. The first-order valence-electron chi connectivity index (χ1n) is 12.8. The average Bonchev–Trinajstić information content (AvgIpc) is 3.24. The monoisotopic (exact) mass is 594 g/mol. The molecule has 2 saturated heterocycles. The van der Waals surface area contributed by atoms with Gasteiger partial charge in [-0.1, -0.05) is 0 Å². The predicted molar refractivity (Wildman–Crippen MR) is 139 cm³/mol. The fourth-order valence-electron chi connectivity index (χ4n) is 4.85. The van der Waals surface area contributed by atoms with Crippen molar-refractivity contribution in [3.8, 4) is 34.3 Å². The minimum absolute atomic E-state index is 0.0701. The van der Waals surface area contributed by atoms with Gasteiger partial charge < -0.3 is 69.0 Å². The maximum absolute atomic E-state index is 12.9. The van der Waals surface area contributed by atoms with Crippen LogP contribution in [0.1, 0.15) is 0 Å². The van der Waals surface area contributed by atoms with Gasteiger partial charge in [0, 0.05) is 23.8 Å². The molecule has 15 nitrogen and oxygen atoms in total. The number of aromatic hydroxyl groups is 2. The molecule has 15 heteroatoms. The van der Waals surface area contributed by atoms with Gasteiger partial charge in [0.1, 0.15) is 64.9 Å². The molecule has 2 aromatic carbocycles. The van der Waals surface area contributed by atoms with Crippen LogP contribution in [0.15, 0.2) is 45.6 Å². The summed E-state index contributed by atoms with van der Waals surface area (Å²) in [4.78, 5) is 12.9. The molecule has 0 unspecified atom stereocenters. The zero-order chi connectivity index (χ0) is 30.3. The molecule has 3 aromatic rings. The maximum atomic E-state index is 12.9. The number of phenolic OH excluding ortho intramolecular Hbond substituents is 2. The lowest BCUT2D eigenvalue weighted by atomic mass is 9.99. The Bertz CT molecular complexity index is 1470. The number of fused-ring (bicyclic) bond motifs is 1. The standard InChI is InChI=1S/C27H30O15/c1-37-16-4-10(2-3-12(16)30)15-7-14(32)20-13(31)5-11(6-17(20)39-15)38-27-25(23(35)21(33)18(8-28)41-27)42-26-24(36)22(34)19(9-29)40-26/h2-7,18-19,21-31,33-36H,8-9H2,1H3/t18-,19-,21+,22+,23+,24+,25-,26+,27+/m0/s1. The predicted octanol–water partition coefficient (Wildman–Crippen LogP) is -1.48. The van der Waals surface area contributed by atoms with Gasteiger partial charge in [-0.05, 0) is 18.2 Å². The van der Waals surface area contributed by atoms with Crippen molar-refractivity contribution in [2.75, 3.05) is 20.3 Å². The molecule has 2 fully saturated rings. The van der Waals surface area contributed by atoms with Crippen molar-refractivity contribution in [3.63, 3.8) is 0 Å². The number of aliphatic hydroxyl groups excluding tert-OH is 6. The minimum atomic E-state index is -1.76. The molecule has 9 atom stereocenters. The van der Waals surface area contributed by atoms with E-state index in [1.54, 1.807) is 0 Å². The van der Waals surface area contributed by atoms with Gasteiger partial charge in [0.15, 0.2) is 29.3 Å². The highest BCUT2D eigenvalue weighted by Crippen LogP contribution is 2.36. The molecule has 1 aromatic heterocycles. The molecular weight excluding hydrogens is 564 g/mol. The van der Waals surface area contributed by atoms with Crippen LogP contribution in [0.5, 0.6) is 23.0 Å². The van der Waals surface area contributed by atoms with Crippen LogP contribution < -0.4 is 14.9 Å². The highest BCUT2D eigenvalue weighted by atomic mass is 16.8. The topological polar surface area (TPSA) is 238 Å². The van der Waals surface area contributed by atoms with E-state index in [9.17, 15) is 45.6 Å². The number of phenols is 2. The molecule has 8 N–H and O–H groups in total. The quantitative estimate of drug-likeness (QED) is 0.148. The zero-order valence-corrected chi connectivity index (χ0v) is 22.0. The number of rotatable bonds is 8. The number of ether oxygens (including phenoxy) is 5. The van der Waals surface area contributed by atoms with Gasteiger partial charge in [-0.25, -0.2) is 0 Å². The van der Waals surface area contributed by atoms with Crippen molar-refractivity contribution in [2.45, 2.75) is 55.3 Å². The third-order valence-corrected chi connectivity index (χ3v) is 7.11. The summed E-state index contributed by atoms with van der Waals surface area (Å²) in [6.07, 6.45) is -13.9. The van der Waals surface area contributed by atoms with Crippen molar-refractivity contribution in [1.82, 2.24) is 0 Å². The van der Waals surface area contributed by atoms with E-state index in [1.807, 2.05) is 0 Å². The highest BCUT2D eigenvalue weighted by Gasteiger charge is 2.51. The van der Waals surface area contributed by atoms with Crippen LogP contribution in [0.3, 0.4) is 0 Å². The van der Waals surface area contributed by atoms with Gasteiger partial charge in [-0.2, -0.15) is 0 Å². The van der Waals surface area contributed by atoms with Crippen molar-refractivity contribution in [3.05, 3.63) is 46.6 Å². The normalized spacial score (nSPS) is 31.4. The van der Waals surface area contributed by atoms with E-state index in [0.717, 1.165) is 12.1 Å². The van der Waals surface area contributed by atoms with Crippen LogP contribution in [0.25, 0.3) is 22.3 Å². The fourth-order valence-corrected chi connectivity index (χ4v) is 4.85. The second-order valence-electron chi connectivity index (χ2n) is 9.81. The van der Waals surface area contributed by atoms with E-state index in [-0.39, 0.29) is 34.0 Å². The second kappa shape index (κ2) is 12.0. The Labute approximate surface area is 236 Å². The molecular formula is C27H30O15. The smallest absolute Gasteiger partial charge is 0.229 e. The highest BCUT2D eigenvalue weighted by molar-refractivity contribution is 5.86. The lowest BCUT2D eigenvalue weighted by Crippen LogP contribution is -2.62. The Hall–Kier alpha value is -3.51. The fraction of sp³-hybridized carbons (Fsp3) is 0.444. The summed E-state index contributed by atoms with van der Waals surface area (Å²) in [5, 5.41) is 80.9. The number of aliphatic hydroxyl groups is 6. The van der Waals surface area contributed by atoms with Gasteiger partial charge in [0.2, 0.25) is 6.29 Å². The molecule has 0 amide bonds. The molecule has 0 radical (unpaired) electrons.